The lowest BCUT2D eigenvalue weighted by molar-refractivity contribution is 0.598. The molecule has 0 aromatic heterocycles. The summed E-state index contributed by atoms with van der Waals surface area (Å²) >= 11 is 12.8. The quantitative estimate of drug-likeness (QED) is 0.550. The van der Waals surface area contributed by atoms with Gasteiger partial charge in [-0.1, -0.05) is 61.7 Å². The van der Waals surface area contributed by atoms with Crippen LogP contribution in [0.2, 0.25) is 5.02 Å². The summed E-state index contributed by atoms with van der Waals surface area (Å²) in [4.78, 5) is 0. The molecule has 0 aliphatic rings. The van der Waals surface area contributed by atoms with Gasteiger partial charge in [0.15, 0.2) is 0 Å². The van der Waals surface area contributed by atoms with Gasteiger partial charge in [-0.05, 0) is 47.7 Å². The van der Waals surface area contributed by atoms with Crippen LogP contribution in [0.3, 0.4) is 0 Å². The molecule has 1 atom stereocenters. The maximum atomic E-state index is 13.9. The molecule has 1 unspecified atom stereocenters. The predicted molar refractivity (Wildman–Crippen MR) is 85.8 cm³/mol. The Bertz CT molecular complexity index is 572. The number of rotatable bonds is 4. The van der Waals surface area contributed by atoms with Crippen molar-refractivity contribution in [2.75, 3.05) is 5.33 Å². The lowest BCUT2D eigenvalue weighted by Crippen LogP contribution is -2.06. The van der Waals surface area contributed by atoms with Gasteiger partial charge in [0.25, 0.3) is 0 Å². The maximum Gasteiger partial charge on any atom is 0.127 e. The van der Waals surface area contributed by atoms with Gasteiger partial charge in [-0.25, -0.2) is 4.39 Å². The van der Waals surface area contributed by atoms with Gasteiger partial charge in [0.05, 0.1) is 0 Å². The molecule has 0 fully saturated rings. The molecule has 2 aromatic rings. The van der Waals surface area contributed by atoms with E-state index in [2.05, 4.69) is 31.9 Å². The summed E-state index contributed by atoms with van der Waals surface area (Å²) in [5.41, 5.74) is 1.83. The molecule has 0 radical (unpaired) electrons. The molecule has 0 heterocycles. The van der Waals surface area contributed by atoms with Crippen molar-refractivity contribution in [3.05, 3.63) is 68.9 Å². The Labute approximate surface area is 134 Å². The largest absolute Gasteiger partial charge is 0.207 e. The van der Waals surface area contributed by atoms with E-state index in [1.54, 1.807) is 0 Å². The first-order valence-electron chi connectivity index (χ1n) is 5.85. The van der Waals surface area contributed by atoms with E-state index < -0.39 is 0 Å². The summed E-state index contributed by atoms with van der Waals surface area (Å²) in [7, 11) is 0. The van der Waals surface area contributed by atoms with E-state index in [1.165, 1.54) is 6.07 Å². The fourth-order valence-electron chi connectivity index (χ4n) is 1.97. The van der Waals surface area contributed by atoms with Crippen molar-refractivity contribution >= 4 is 43.5 Å². The van der Waals surface area contributed by atoms with Crippen LogP contribution in [0.5, 0.6) is 0 Å². The van der Waals surface area contributed by atoms with Crippen LogP contribution in [0.15, 0.2) is 46.9 Å². The van der Waals surface area contributed by atoms with Crippen molar-refractivity contribution in [3.8, 4) is 0 Å². The van der Waals surface area contributed by atoms with Gasteiger partial charge in [0.1, 0.15) is 5.82 Å². The molecule has 0 aliphatic heterocycles. The average Bonchev–Trinajstić information content (AvgIpc) is 2.38. The van der Waals surface area contributed by atoms with Crippen molar-refractivity contribution in [2.45, 2.75) is 12.3 Å². The van der Waals surface area contributed by atoms with Crippen LogP contribution in [0.25, 0.3) is 0 Å². The molecule has 100 valence electrons. The maximum absolute atomic E-state index is 13.9. The van der Waals surface area contributed by atoms with Crippen molar-refractivity contribution < 1.29 is 4.39 Å². The van der Waals surface area contributed by atoms with E-state index in [0.717, 1.165) is 15.4 Å². The molecule has 0 saturated heterocycles. The molecular weight excluding hydrogens is 394 g/mol. The SMILES string of the molecule is Fc1cc(Br)ccc1CC(CBr)c1cccc(Cl)c1. The summed E-state index contributed by atoms with van der Waals surface area (Å²) in [5, 5.41) is 1.47. The van der Waals surface area contributed by atoms with Crippen LogP contribution in [-0.2, 0) is 6.42 Å². The fourth-order valence-corrected chi connectivity index (χ4v) is 3.11. The molecule has 0 amide bonds. The summed E-state index contributed by atoms with van der Waals surface area (Å²) in [6, 6.07) is 12.9. The third-order valence-electron chi connectivity index (χ3n) is 2.99. The molecule has 19 heavy (non-hydrogen) atoms. The lowest BCUT2D eigenvalue weighted by Gasteiger charge is -2.15. The van der Waals surface area contributed by atoms with Gasteiger partial charge in [0.2, 0.25) is 0 Å². The van der Waals surface area contributed by atoms with Crippen LogP contribution in [0.1, 0.15) is 17.0 Å². The summed E-state index contributed by atoms with van der Waals surface area (Å²) in [6.07, 6.45) is 0.644. The van der Waals surface area contributed by atoms with Crippen molar-refractivity contribution in [1.82, 2.24) is 0 Å². The fraction of sp³-hybridized carbons (Fsp3) is 0.200. The molecule has 0 spiro atoms. The number of halogens is 4. The minimum Gasteiger partial charge on any atom is -0.207 e. The molecule has 0 aliphatic carbocycles. The molecular formula is C15H12Br2ClF. The first kappa shape index (κ1) is 15.0. The predicted octanol–water partition coefficient (Wildman–Crippen LogP) is 5.96. The molecule has 0 bridgehead atoms. The highest BCUT2D eigenvalue weighted by Gasteiger charge is 2.14. The Kier molecular flexibility index (Phi) is 5.43. The molecule has 0 saturated carbocycles. The Morgan fingerprint density at radius 2 is 1.95 bits per heavy atom. The Morgan fingerprint density at radius 3 is 2.58 bits per heavy atom. The van der Waals surface area contributed by atoms with Crippen LogP contribution in [0.4, 0.5) is 4.39 Å². The van der Waals surface area contributed by atoms with Gasteiger partial charge in [-0.15, -0.1) is 0 Å². The van der Waals surface area contributed by atoms with Crippen molar-refractivity contribution in [2.24, 2.45) is 0 Å². The number of hydrogen-bond acceptors (Lipinski definition) is 0. The zero-order valence-electron chi connectivity index (χ0n) is 10.0. The highest BCUT2D eigenvalue weighted by Crippen LogP contribution is 2.27. The smallest absolute Gasteiger partial charge is 0.127 e. The standard InChI is InChI=1S/C15H12Br2ClF/c16-9-12(10-2-1-3-14(18)7-10)6-11-4-5-13(17)8-15(11)19/h1-5,7-8,12H,6,9H2. The van der Waals surface area contributed by atoms with E-state index in [-0.39, 0.29) is 11.7 Å². The highest BCUT2D eigenvalue weighted by molar-refractivity contribution is 9.10. The van der Waals surface area contributed by atoms with Gasteiger partial charge in [-0.3, -0.25) is 0 Å². The first-order valence-corrected chi connectivity index (χ1v) is 8.14. The van der Waals surface area contributed by atoms with E-state index in [4.69, 9.17) is 11.6 Å². The molecule has 4 heteroatoms. The summed E-state index contributed by atoms with van der Waals surface area (Å²) in [5.74, 6) is 0.0247. The van der Waals surface area contributed by atoms with Crippen molar-refractivity contribution in [3.63, 3.8) is 0 Å². The number of alkyl halides is 1. The third kappa shape index (κ3) is 4.04. The van der Waals surface area contributed by atoms with Crippen LogP contribution in [0, 0.1) is 5.82 Å². The Morgan fingerprint density at radius 1 is 1.16 bits per heavy atom. The highest BCUT2D eigenvalue weighted by atomic mass is 79.9. The number of benzene rings is 2. The second kappa shape index (κ2) is 6.87. The topological polar surface area (TPSA) is 0 Å². The molecule has 2 rings (SSSR count). The van der Waals surface area contributed by atoms with Gasteiger partial charge >= 0.3 is 0 Å². The van der Waals surface area contributed by atoms with Crippen molar-refractivity contribution in [1.29, 1.82) is 0 Å². The van der Waals surface area contributed by atoms with Gasteiger partial charge < -0.3 is 0 Å². The average molecular weight is 407 g/mol. The summed E-state index contributed by atoms with van der Waals surface area (Å²) < 4.78 is 14.6. The molecule has 0 N–H and O–H groups in total. The normalized spacial score (nSPS) is 12.4. The zero-order valence-corrected chi connectivity index (χ0v) is 14.0. The van der Waals surface area contributed by atoms with Crippen LogP contribution < -0.4 is 0 Å². The van der Waals surface area contributed by atoms with Crippen LogP contribution >= 0.6 is 43.5 Å². The Balaban J connectivity index is 2.24. The van der Waals surface area contributed by atoms with E-state index >= 15 is 0 Å². The first-order chi connectivity index (χ1) is 9.10. The lowest BCUT2D eigenvalue weighted by atomic mass is 9.93. The second-order valence-corrected chi connectivity index (χ2v) is 6.35. The molecule has 0 nitrogen and oxygen atoms in total. The van der Waals surface area contributed by atoms with Gasteiger partial charge in [-0.2, -0.15) is 0 Å². The zero-order chi connectivity index (χ0) is 13.8. The van der Waals surface area contributed by atoms with E-state index in [1.807, 2.05) is 36.4 Å². The minimum absolute atomic E-state index is 0.178. The Hall–Kier alpha value is -0.380. The molecule has 2 aromatic carbocycles. The monoisotopic (exact) mass is 404 g/mol. The second-order valence-electron chi connectivity index (χ2n) is 4.35. The van der Waals surface area contributed by atoms with E-state index in [9.17, 15) is 4.39 Å². The number of hydrogen-bond donors (Lipinski definition) is 0. The van der Waals surface area contributed by atoms with E-state index in [0.29, 0.717) is 17.0 Å². The van der Waals surface area contributed by atoms with Crippen LogP contribution in [-0.4, -0.2) is 5.33 Å². The summed E-state index contributed by atoms with van der Waals surface area (Å²) in [6.45, 7) is 0. The third-order valence-corrected chi connectivity index (χ3v) is 4.50. The van der Waals surface area contributed by atoms with Gasteiger partial charge in [0, 0.05) is 14.8 Å². The minimum atomic E-state index is -0.178.